The van der Waals surface area contributed by atoms with Gasteiger partial charge in [0.25, 0.3) is 5.91 Å². The highest BCUT2D eigenvalue weighted by Crippen LogP contribution is 2.18. The maximum absolute atomic E-state index is 13.7. The highest BCUT2D eigenvalue weighted by molar-refractivity contribution is 6.04. The van der Waals surface area contributed by atoms with Crippen molar-refractivity contribution in [3.63, 3.8) is 0 Å². The van der Waals surface area contributed by atoms with Gasteiger partial charge in [0.1, 0.15) is 11.6 Å². The molecule has 0 saturated carbocycles. The smallest absolute Gasteiger partial charge is 0.258 e. The van der Waals surface area contributed by atoms with Gasteiger partial charge in [-0.2, -0.15) is 0 Å². The van der Waals surface area contributed by atoms with Crippen molar-refractivity contribution in [3.8, 4) is 5.75 Å². The van der Waals surface area contributed by atoms with Gasteiger partial charge in [-0.15, -0.1) is 0 Å². The fraction of sp³-hybridized carbons (Fsp3) is 0.133. The maximum Gasteiger partial charge on any atom is 0.258 e. The Bertz CT molecular complexity index is 611. The van der Waals surface area contributed by atoms with Gasteiger partial charge in [-0.1, -0.05) is 12.1 Å². The van der Waals surface area contributed by atoms with E-state index in [2.05, 4.69) is 5.32 Å². The molecular weight excluding hydrogens is 245 g/mol. The Kier molecular flexibility index (Phi) is 3.80. The zero-order chi connectivity index (χ0) is 13.8. The number of hydrogen-bond acceptors (Lipinski definition) is 2. The van der Waals surface area contributed by atoms with E-state index in [9.17, 15) is 9.18 Å². The van der Waals surface area contributed by atoms with Crippen LogP contribution in [0.1, 0.15) is 15.9 Å². The van der Waals surface area contributed by atoms with Gasteiger partial charge >= 0.3 is 0 Å². The Hall–Kier alpha value is -2.36. The van der Waals surface area contributed by atoms with Crippen LogP contribution < -0.4 is 10.1 Å². The number of carbonyl (C=O) groups is 1. The van der Waals surface area contributed by atoms with Gasteiger partial charge in [-0.05, 0) is 36.8 Å². The lowest BCUT2D eigenvalue weighted by Gasteiger charge is -2.08. The minimum Gasteiger partial charge on any atom is -0.497 e. The van der Waals surface area contributed by atoms with Crippen LogP contribution in [0.3, 0.4) is 0 Å². The second-order valence-corrected chi connectivity index (χ2v) is 4.17. The Morgan fingerprint density at radius 2 is 2.00 bits per heavy atom. The maximum atomic E-state index is 13.7. The summed E-state index contributed by atoms with van der Waals surface area (Å²) in [7, 11) is 1.54. The van der Waals surface area contributed by atoms with Crippen LogP contribution in [-0.2, 0) is 0 Å². The van der Waals surface area contributed by atoms with Gasteiger partial charge in [0.15, 0.2) is 0 Å². The summed E-state index contributed by atoms with van der Waals surface area (Å²) in [6, 6.07) is 11.4. The van der Waals surface area contributed by atoms with E-state index in [1.54, 1.807) is 44.4 Å². The average molecular weight is 259 g/mol. The summed E-state index contributed by atoms with van der Waals surface area (Å²) >= 11 is 0. The Labute approximate surface area is 111 Å². The van der Waals surface area contributed by atoms with Crippen molar-refractivity contribution in [2.45, 2.75) is 6.92 Å². The van der Waals surface area contributed by atoms with Crippen LogP contribution in [-0.4, -0.2) is 13.0 Å². The van der Waals surface area contributed by atoms with E-state index in [-0.39, 0.29) is 5.56 Å². The van der Waals surface area contributed by atoms with Crippen LogP contribution in [0.2, 0.25) is 0 Å². The quantitative estimate of drug-likeness (QED) is 0.917. The lowest BCUT2D eigenvalue weighted by Crippen LogP contribution is -2.13. The van der Waals surface area contributed by atoms with Crippen molar-refractivity contribution in [2.24, 2.45) is 0 Å². The third-order valence-electron chi connectivity index (χ3n) is 2.70. The summed E-state index contributed by atoms with van der Waals surface area (Å²) in [5, 5.41) is 2.63. The van der Waals surface area contributed by atoms with Crippen molar-refractivity contribution in [1.29, 1.82) is 0 Å². The second-order valence-electron chi connectivity index (χ2n) is 4.17. The fourth-order valence-corrected chi connectivity index (χ4v) is 1.70. The molecule has 2 aromatic rings. The van der Waals surface area contributed by atoms with Crippen molar-refractivity contribution in [2.75, 3.05) is 12.4 Å². The molecule has 19 heavy (non-hydrogen) atoms. The molecule has 0 heterocycles. The number of aryl methyl sites for hydroxylation is 1. The first-order valence-electron chi connectivity index (χ1n) is 5.81. The molecule has 0 radical (unpaired) electrons. The Morgan fingerprint density at radius 1 is 1.21 bits per heavy atom. The normalized spacial score (nSPS) is 10.1. The van der Waals surface area contributed by atoms with E-state index in [1.807, 2.05) is 0 Å². The molecule has 0 saturated heterocycles. The lowest BCUT2D eigenvalue weighted by molar-refractivity contribution is 0.102. The molecular formula is C15H14FNO2. The van der Waals surface area contributed by atoms with E-state index >= 15 is 0 Å². The lowest BCUT2D eigenvalue weighted by atomic mass is 10.1. The monoisotopic (exact) mass is 259 g/mol. The number of carbonyl (C=O) groups excluding carboxylic acids is 1. The fourth-order valence-electron chi connectivity index (χ4n) is 1.70. The summed E-state index contributed by atoms with van der Waals surface area (Å²) in [5.41, 5.74) is 1.35. The highest BCUT2D eigenvalue weighted by Gasteiger charge is 2.11. The number of hydrogen-bond donors (Lipinski definition) is 1. The summed E-state index contributed by atoms with van der Waals surface area (Å²) in [4.78, 5) is 12.0. The van der Waals surface area contributed by atoms with Crippen molar-refractivity contribution in [3.05, 3.63) is 59.4 Å². The van der Waals surface area contributed by atoms with Crippen LogP contribution in [0.5, 0.6) is 5.75 Å². The first-order valence-corrected chi connectivity index (χ1v) is 5.81. The van der Waals surface area contributed by atoms with Crippen LogP contribution in [0.4, 0.5) is 10.1 Å². The van der Waals surface area contributed by atoms with E-state index in [4.69, 9.17) is 4.74 Å². The van der Waals surface area contributed by atoms with Gasteiger partial charge in [0, 0.05) is 11.8 Å². The van der Waals surface area contributed by atoms with Crippen molar-refractivity contribution in [1.82, 2.24) is 0 Å². The first-order chi connectivity index (χ1) is 9.10. The van der Waals surface area contributed by atoms with E-state index in [0.717, 1.165) is 5.56 Å². The van der Waals surface area contributed by atoms with Gasteiger partial charge in [-0.25, -0.2) is 4.39 Å². The van der Waals surface area contributed by atoms with Crippen LogP contribution in [0.15, 0.2) is 42.5 Å². The molecule has 2 aromatic carbocycles. The topological polar surface area (TPSA) is 38.3 Å². The molecule has 0 atom stereocenters. The first kappa shape index (κ1) is 13.1. The van der Waals surface area contributed by atoms with Crippen LogP contribution >= 0.6 is 0 Å². The SMILES string of the molecule is COc1cccc(NC(=O)c2ccc(C)cc2F)c1. The number of amides is 1. The number of ether oxygens (including phenoxy) is 1. The molecule has 0 aliphatic carbocycles. The number of methoxy groups -OCH3 is 1. The van der Waals surface area contributed by atoms with Gasteiger partial charge in [-0.3, -0.25) is 4.79 Å². The average Bonchev–Trinajstić information content (AvgIpc) is 2.38. The van der Waals surface area contributed by atoms with Gasteiger partial charge < -0.3 is 10.1 Å². The predicted octanol–water partition coefficient (Wildman–Crippen LogP) is 3.40. The standard InChI is InChI=1S/C15H14FNO2/c1-10-6-7-13(14(16)8-10)15(18)17-11-4-3-5-12(9-11)19-2/h3-9H,1-2H3,(H,17,18). The Morgan fingerprint density at radius 3 is 2.68 bits per heavy atom. The van der Waals surface area contributed by atoms with Crippen LogP contribution in [0.25, 0.3) is 0 Å². The molecule has 4 heteroatoms. The number of rotatable bonds is 3. The number of anilines is 1. The van der Waals surface area contributed by atoms with E-state index in [1.165, 1.54) is 12.1 Å². The van der Waals surface area contributed by atoms with Crippen molar-refractivity contribution >= 4 is 11.6 Å². The van der Waals surface area contributed by atoms with E-state index < -0.39 is 11.7 Å². The second kappa shape index (κ2) is 5.52. The molecule has 0 unspecified atom stereocenters. The molecule has 0 aliphatic rings. The third kappa shape index (κ3) is 3.10. The van der Waals surface area contributed by atoms with Crippen LogP contribution in [0, 0.1) is 12.7 Å². The predicted molar refractivity (Wildman–Crippen MR) is 72.1 cm³/mol. The largest absolute Gasteiger partial charge is 0.497 e. The molecule has 0 aliphatic heterocycles. The minimum absolute atomic E-state index is 0.0217. The van der Waals surface area contributed by atoms with E-state index in [0.29, 0.717) is 11.4 Å². The number of halogens is 1. The molecule has 1 N–H and O–H groups in total. The molecule has 0 bridgehead atoms. The third-order valence-corrected chi connectivity index (χ3v) is 2.70. The molecule has 0 fully saturated rings. The summed E-state index contributed by atoms with van der Waals surface area (Å²) < 4.78 is 18.7. The molecule has 1 amide bonds. The summed E-state index contributed by atoms with van der Waals surface area (Å²) in [6.45, 7) is 1.77. The number of nitrogens with one attached hydrogen (secondary N) is 1. The minimum atomic E-state index is -0.527. The molecule has 0 aromatic heterocycles. The van der Waals surface area contributed by atoms with Gasteiger partial charge in [0.05, 0.1) is 12.7 Å². The zero-order valence-corrected chi connectivity index (χ0v) is 10.7. The zero-order valence-electron chi connectivity index (χ0n) is 10.7. The van der Waals surface area contributed by atoms with Gasteiger partial charge in [0.2, 0.25) is 0 Å². The Balaban J connectivity index is 2.20. The summed E-state index contributed by atoms with van der Waals surface area (Å²) in [5.74, 6) is -0.381. The van der Waals surface area contributed by atoms with Crippen molar-refractivity contribution < 1.29 is 13.9 Å². The molecule has 98 valence electrons. The highest BCUT2D eigenvalue weighted by atomic mass is 19.1. The molecule has 2 rings (SSSR count). The molecule has 0 spiro atoms. The summed E-state index contributed by atoms with van der Waals surface area (Å²) in [6.07, 6.45) is 0. The number of benzene rings is 2. The molecule has 3 nitrogen and oxygen atoms in total.